The molecule has 220 valence electrons. The SMILES string of the molecule is Cc1nc(Nc2nc(I)c(C(=O)Nc3c(C)cccc3Cl)s2)cc(N2CCN(CC(=O)NCCS(=O)(=O)O)CC2)n1. The second-order valence-corrected chi connectivity index (χ2v) is 13.2. The lowest BCUT2D eigenvalue weighted by molar-refractivity contribution is -0.122. The van der Waals surface area contributed by atoms with Crippen LogP contribution in [0.25, 0.3) is 0 Å². The van der Waals surface area contributed by atoms with Crippen LogP contribution in [-0.2, 0) is 14.9 Å². The molecule has 0 radical (unpaired) electrons. The number of rotatable bonds is 10. The molecule has 17 heteroatoms. The molecule has 1 aromatic carbocycles. The van der Waals surface area contributed by atoms with Crippen LogP contribution in [0.1, 0.15) is 21.1 Å². The van der Waals surface area contributed by atoms with Gasteiger partial charge in [0, 0.05) is 38.8 Å². The lowest BCUT2D eigenvalue weighted by Gasteiger charge is -2.35. The summed E-state index contributed by atoms with van der Waals surface area (Å²) in [6, 6.07) is 7.22. The maximum absolute atomic E-state index is 13.0. The summed E-state index contributed by atoms with van der Waals surface area (Å²) in [6.45, 7) is 6.09. The van der Waals surface area contributed by atoms with Crippen molar-refractivity contribution in [1.82, 2.24) is 25.2 Å². The molecule has 0 spiro atoms. The van der Waals surface area contributed by atoms with Crippen LogP contribution in [0.2, 0.25) is 5.02 Å². The monoisotopic (exact) mass is 734 g/mol. The maximum Gasteiger partial charge on any atom is 0.268 e. The zero-order valence-corrected chi connectivity index (χ0v) is 26.7. The van der Waals surface area contributed by atoms with Crippen LogP contribution in [0, 0.1) is 17.5 Å². The number of aromatic nitrogens is 3. The van der Waals surface area contributed by atoms with Gasteiger partial charge < -0.3 is 20.9 Å². The normalized spacial score (nSPS) is 14.1. The molecule has 4 N–H and O–H groups in total. The van der Waals surface area contributed by atoms with E-state index in [1.807, 2.05) is 52.6 Å². The highest BCUT2D eigenvalue weighted by Gasteiger charge is 2.22. The number of nitrogens with zero attached hydrogens (tertiary/aromatic N) is 5. The number of aryl methyl sites for hydroxylation is 2. The van der Waals surface area contributed by atoms with E-state index >= 15 is 0 Å². The van der Waals surface area contributed by atoms with E-state index in [0.29, 0.717) is 62.2 Å². The zero-order valence-electron chi connectivity index (χ0n) is 22.1. The highest BCUT2D eigenvalue weighted by Crippen LogP contribution is 2.31. The van der Waals surface area contributed by atoms with E-state index in [4.69, 9.17) is 16.2 Å². The largest absolute Gasteiger partial charge is 0.354 e. The van der Waals surface area contributed by atoms with E-state index in [1.165, 1.54) is 11.3 Å². The molecular formula is C24H28ClIN8O5S2. The van der Waals surface area contributed by atoms with Crippen molar-refractivity contribution in [2.45, 2.75) is 13.8 Å². The second kappa shape index (κ2) is 13.6. The van der Waals surface area contributed by atoms with Gasteiger partial charge in [0.1, 0.15) is 26.0 Å². The number of amides is 2. The fourth-order valence-electron chi connectivity index (χ4n) is 4.06. The van der Waals surface area contributed by atoms with Crippen molar-refractivity contribution >= 4 is 89.9 Å². The van der Waals surface area contributed by atoms with Crippen molar-refractivity contribution in [3.05, 3.63) is 49.3 Å². The number of anilines is 4. The number of benzene rings is 1. The molecule has 0 bridgehead atoms. The molecule has 1 fully saturated rings. The van der Waals surface area contributed by atoms with Crippen LogP contribution in [0.5, 0.6) is 0 Å². The smallest absolute Gasteiger partial charge is 0.268 e. The summed E-state index contributed by atoms with van der Waals surface area (Å²) in [5, 5.41) is 9.52. The van der Waals surface area contributed by atoms with Crippen molar-refractivity contribution < 1.29 is 22.6 Å². The number of para-hydroxylation sites is 1. The molecule has 3 aromatic rings. The molecule has 1 aliphatic rings. The Balaban J connectivity index is 1.35. The van der Waals surface area contributed by atoms with E-state index in [1.54, 1.807) is 13.0 Å². The van der Waals surface area contributed by atoms with Gasteiger partial charge in [0.05, 0.1) is 23.0 Å². The fourth-order valence-corrected chi connectivity index (χ4v) is 6.43. The minimum Gasteiger partial charge on any atom is -0.354 e. The third kappa shape index (κ3) is 8.92. The molecule has 0 saturated carbocycles. The predicted octanol–water partition coefficient (Wildman–Crippen LogP) is 2.93. The number of nitrogens with one attached hydrogen (secondary N) is 3. The molecule has 13 nitrogen and oxygen atoms in total. The molecular weight excluding hydrogens is 707 g/mol. The summed E-state index contributed by atoms with van der Waals surface area (Å²) in [4.78, 5) is 43.1. The molecule has 2 aromatic heterocycles. The summed E-state index contributed by atoms with van der Waals surface area (Å²) < 4.78 is 30.9. The lowest BCUT2D eigenvalue weighted by Crippen LogP contribution is -2.50. The molecule has 1 saturated heterocycles. The van der Waals surface area contributed by atoms with E-state index < -0.39 is 15.9 Å². The zero-order chi connectivity index (χ0) is 29.7. The molecule has 0 aliphatic carbocycles. The standard InChI is InChI=1S/C24H28ClIN8O5S2/c1-14-4-3-5-16(25)20(14)31-23(36)21-22(26)32-24(40-21)30-17-12-18(29-15(2)28-17)34-9-7-33(8-10-34)13-19(35)27-6-11-41(37,38)39/h3-5,12H,6-11,13H2,1-2H3,(H,27,35)(H,31,36)(H,37,38,39)(H,28,29,30,32). The lowest BCUT2D eigenvalue weighted by atomic mass is 10.2. The molecule has 0 unspecified atom stereocenters. The van der Waals surface area contributed by atoms with Gasteiger partial charge in [-0.15, -0.1) is 0 Å². The minimum absolute atomic E-state index is 0.129. The minimum atomic E-state index is -4.12. The molecule has 41 heavy (non-hydrogen) atoms. The first kappa shape index (κ1) is 31.3. The fraction of sp³-hybridized carbons (Fsp3) is 0.375. The van der Waals surface area contributed by atoms with Gasteiger partial charge in [0.15, 0.2) is 5.13 Å². The van der Waals surface area contributed by atoms with Gasteiger partial charge >= 0.3 is 0 Å². The summed E-state index contributed by atoms with van der Waals surface area (Å²) in [7, 11) is -4.12. The van der Waals surface area contributed by atoms with Gasteiger partial charge in [-0.1, -0.05) is 35.1 Å². The number of carbonyl (C=O) groups is 2. The summed E-state index contributed by atoms with van der Waals surface area (Å²) in [6.07, 6.45) is 0. The number of hydrogen-bond acceptors (Lipinski definition) is 11. The Kier molecular flexibility index (Phi) is 10.3. The molecule has 4 rings (SSSR count). The predicted molar refractivity (Wildman–Crippen MR) is 167 cm³/mol. The Morgan fingerprint density at radius 1 is 1.15 bits per heavy atom. The molecule has 3 heterocycles. The van der Waals surface area contributed by atoms with Crippen LogP contribution >= 0.6 is 45.5 Å². The first-order chi connectivity index (χ1) is 19.4. The number of thiazole rings is 1. The van der Waals surface area contributed by atoms with Gasteiger partial charge in [-0.05, 0) is 48.1 Å². The number of piperazine rings is 1. The number of carbonyl (C=O) groups excluding carboxylic acids is 2. The Labute approximate surface area is 260 Å². The number of hydrogen-bond donors (Lipinski definition) is 4. The Hall–Kier alpha value is -2.64. The van der Waals surface area contributed by atoms with Crippen LogP contribution < -0.4 is 20.9 Å². The van der Waals surface area contributed by atoms with E-state index in [9.17, 15) is 18.0 Å². The average molecular weight is 735 g/mol. The van der Waals surface area contributed by atoms with Gasteiger partial charge in [-0.25, -0.2) is 15.0 Å². The summed E-state index contributed by atoms with van der Waals surface area (Å²) in [5.74, 6) is 0.680. The third-order valence-corrected chi connectivity index (χ3v) is 9.21. The quantitative estimate of drug-likeness (QED) is 0.179. The van der Waals surface area contributed by atoms with Gasteiger partial charge in [-0.2, -0.15) is 8.42 Å². The van der Waals surface area contributed by atoms with Crippen molar-refractivity contribution in [3.63, 3.8) is 0 Å². The van der Waals surface area contributed by atoms with Gasteiger partial charge in [0.25, 0.3) is 16.0 Å². The Morgan fingerprint density at radius 3 is 2.56 bits per heavy atom. The first-order valence-electron chi connectivity index (χ1n) is 12.4. The van der Waals surface area contributed by atoms with Gasteiger partial charge in [0.2, 0.25) is 5.91 Å². The highest BCUT2D eigenvalue weighted by atomic mass is 127. The van der Waals surface area contributed by atoms with Crippen LogP contribution in [0.3, 0.4) is 0 Å². The van der Waals surface area contributed by atoms with Gasteiger partial charge in [-0.3, -0.25) is 19.0 Å². The van der Waals surface area contributed by atoms with E-state index in [0.717, 1.165) is 11.4 Å². The van der Waals surface area contributed by atoms with Crippen LogP contribution in [-0.4, -0.2) is 89.7 Å². The Morgan fingerprint density at radius 2 is 1.88 bits per heavy atom. The van der Waals surface area contributed by atoms with Crippen LogP contribution in [0.4, 0.5) is 22.5 Å². The molecule has 0 atom stereocenters. The highest BCUT2D eigenvalue weighted by molar-refractivity contribution is 14.1. The summed E-state index contributed by atoms with van der Waals surface area (Å²) >= 11 is 9.49. The van der Waals surface area contributed by atoms with Crippen molar-refractivity contribution in [2.75, 3.05) is 60.6 Å². The topological polar surface area (TPSA) is 170 Å². The molecule has 2 amide bonds. The van der Waals surface area contributed by atoms with E-state index in [2.05, 4.69) is 35.8 Å². The molecule has 1 aliphatic heterocycles. The maximum atomic E-state index is 13.0. The Bertz CT molecular complexity index is 1530. The van der Waals surface area contributed by atoms with Crippen molar-refractivity contribution in [3.8, 4) is 0 Å². The van der Waals surface area contributed by atoms with E-state index in [-0.39, 0.29) is 24.9 Å². The third-order valence-electron chi connectivity index (χ3n) is 6.06. The number of halogens is 2. The van der Waals surface area contributed by atoms with Crippen molar-refractivity contribution in [1.29, 1.82) is 0 Å². The summed E-state index contributed by atoms with van der Waals surface area (Å²) in [5.41, 5.74) is 1.42. The van der Waals surface area contributed by atoms with Crippen molar-refractivity contribution in [2.24, 2.45) is 0 Å². The second-order valence-electron chi connectivity index (χ2n) is 9.21. The first-order valence-corrected chi connectivity index (χ1v) is 16.3. The average Bonchev–Trinajstić information content (AvgIpc) is 3.25. The van der Waals surface area contributed by atoms with Crippen LogP contribution in [0.15, 0.2) is 24.3 Å².